The van der Waals surface area contributed by atoms with Crippen molar-refractivity contribution in [1.29, 1.82) is 0 Å². The molecule has 0 amide bonds. The summed E-state index contributed by atoms with van der Waals surface area (Å²) >= 11 is 0. The number of carbonyl (C=O) groups is 2. The van der Waals surface area contributed by atoms with Gasteiger partial charge in [0.15, 0.2) is 5.41 Å². The summed E-state index contributed by atoms with van der Waals surface area (Å²) in [6, 6.07) is 0. The van der Waals surface area contributed by atoms with E-state index in [0.717, 1.165) is 30.4 Å². The zero-order valence-corrected chi connectivity index (χ0v) is 12.8. The largest absolute Gasteiger partial charge is 0.468 e. The molecular formula is C17H22O4. The number of hydrogen-bond donors (Lipinski definition) is 0. The quantitative estimate of drug-likeness (QED) is 0.455. The molecule has 0 aromatic rings. The van der Waals surface area contributed by atoms with Gasteiger partial charge < -0.3 is 9.47 Å². The van der Waals surface area contributed by atoms with Crippen LogP contribution in [-0.4, -0.2) is 26.2 Å². The minimum absolute atomic E-state index is 0.0169. The molecule has 0 fully saturated rings. The van der Waals surface area contributed by atoms with Crippen molar-refractivity contribution in [1.82, 2.24) is 0 Å². The van der Waals surface area contributed by atoms with Crippen molar-refractivity contribution in [3.63, 3.8) is 0 Å². The lowest BCUT2D eigenvalue weighted by molar-refractivity contribution is -0.169. The molecule has 2 aliphatic rings. The van der Waals surface area contributed by atoms with Gasteiger partial charge in [-0.1, -0.05) is 30.4 Å². The second-order valence-electron chi connectivity index (χ2n) is 5.72. The van der Waals surface area contributed by atoms with Gasteiger partial charge in [-0.2, -0.15) is 0 Å². The third-order valence-corrected chi connectivity index (χ3v) is 4.53. The molecule has 0 heterocycles. The van der Waals surface area contributed by atoms with Crippen molar-refractivity contribution in [2.75, 3.05) is 14.2 Å². The number of hydrogen-bond acceptors (Lipinski definition) is 4. The number of esters is 2. The van der Waals surface area contributed by atoms with Crippen LogP contribution in [0.25, 0.3) is 0 Å². The molecule has 0 saturated heterocycles. The maximum absolute atomic E-state index is 12.5. The van der Waals surface area contributed by atoms with Gasteiger partial charge >= 0.3 is 11.9 Å². The average Bonchev–Trinajstić information content (AvgIpc) is 2.63. The molecule has 0 radical (unpaired) electrons. The second kappa shape index (κ2) is 5.88. The van der Waals surface area contributed by atoms with E-state index >= 15 is 0 Å². The topological polar surface area (TPSA) is 52.6 Å². The predicted molar refractivity (Wildman–Crippen MR) is 79.3 cm³/mol. The molecule has 2 atom stereocenters. The van der Waals surface area contributed by atoms with Gasteiger partial charge in [0.2, 0.25) is 0 Å². The number of methoxy groups -OCH3 is 2. The maximum Gasteiger partial charge on any atom is 0.327 e. The Morgan fingerprint density at radius 2 is 1.90 bits per heavy atom. The van der Waals surface area contributed by atoms with Gasteiger partial charge in [0.05, 0.1) is 14.2 Å². The highest BCUT2D eigenvalue weighted by atomic mass is 16.5. The van der Waals surface area contributed by atoms with Crippen LogP contribution < -0.4 is 0 Å². The Morgan fingerprint density at radius 3 is 2.43 bits per heavy atom. The van der Waals surface area contributed by atoms with Crippen molar-refractivity contribution in [2.24, 2.45) is 17.3 Å². The zero-order chi connectivity index (χ0) is 15.6. The van der Waals surface area contributed by atoms with E-state index in [-0.39, 0.29) is 11.8 Å². The fourth-order valence-corrected chi connectivity index (χ4v) is 3.54. The van der Waals surface area contributed by atoms with Crippen molar-refractivity contribution < 1.29 is 19.1 Å². The third kappa shape index (κ3) is 2.33. The molecule has 4 heteroatoms. The second-order valence-corrected chi connectivity index (χ2v) is 5.72. The average molecular weight is 290 g/mol. The monoisotopic (exact) mass is 290 g/mol. The van der Waals surface area contributed by atoms with Crippen LogP contribution in [0.1, 0.15) is 26.2 Å². The molecule has 0 bridgehead atoms. The predicted octanol–water partition coefficient (Wildman–Crippen LogP) is 2.81. The lowest BCUT2D eigenvalue weighted by Crippen LogP contribution is -2.45. The van der Waals surface area contributed by atoms with Crippen molar-refractivity contribution >= 4 is 11.9 Å². The Hall–Kier alpha value is -1.84. The summed E-state index contributed by atoms with van der Waals surface area (Å²) in [5.41, 5.74) is 0.456. The van der Waals surface area contributed by atoms with E-state index in [1.54, 1.807) is 6.08 Å². The minimum atomic E-state index is -1.35. The first-order chi connectivity index (χ1) is 9.98. The van der Waals surface area contributed by atoms with E-state index in [1.807, 2.05) is 6.92 Å². The molecule has 21 heavy (non-hydrogen) atoms. The highest BCUT2D eigenvalue weighted by molar-refractivity contribution is 6.04. The van der Waals surface area contributed by atoms with Crippen LogP contribution in [-0.2, 0) is 19.1 Å². The Kier molecular flexibility index (Phi) is 4.35. The normalized spacial score (nSPS) is 26.3. The van der Waals surface area contributed by atoms with Crippen LogP contribution in [0.2, 0.25) is 0 Å². The smallest absolute Gasteiger partial charge is 0.327 e. The van der Waals surface area contributed by atoms with Gasteiger partial charge in [0.1, 0.15) is 0 Å². The van der Waals surface area contributed by atoms with Gasteiger partial charge in [-0.25, -0.2) is 0 Å². The van der Waals surface area contributed by atoms with Crippen LogP contribution in [0.5, 0.6) is 0 Å². The lowest BCUT2D eigenvalue weighted by atomic mass is 9.72. The van der Waals surface area contributed by atoms with E-state index in [2.05, 4.69) is 18.7 Å². The number of fused-ring (bicyclic) bond motifs is 1. The van der Waals surface area contributed by atoms with Gasteiger partial charge in [0, 0.05) is 5.92 Å². The van der Waals surface area contributed by atoms with Crippen LogP contribution in [0, 0.1) is 17.3 Å². The lowest BCUT2D eigenvalue weighted by Gasteiger charge is -2.31. The summed E-state index contributed by atoms with van der Waals surface area (Å²) in [7, 11) is 2.61. The first-order valence-corrected chi connectivity index (χ1v) is 7.21. The molecule has 0 aromatic heterocycles. The highest BCUT2D eigenvalue weighted by Crippen LogP contribution is 2.52. The Balaban J connectivity index is 2.62. The van der Waals surface area contributed by atoms with E-state index < -0.39 is 17.4 Å². The first kappa shape index (κ1) is 15.5. The molecule has 2 rings (SSSR count). The van der Waals surface area contributed by atoms with Crippen molar-refractivity contribution in [2.45, 2.75) is 26.2 Å². The van der Waals surface area contributed by atoms with Crippen LogP contribution >= 0.6 is 0 Å². The molecule has 0 spiro atoms. The van der Waals surface area contributed by atoms with Crippen LogP contribution in [0.3, 0.4) is 0 Å². The number of rotatable bonds is 3. The molecule has 0 unspecified atom stereocenters. The van der Waals surface area contributed by atoms with Crippen molar-refractivity contribution in [3.8, 4) is 0 Å². The third-order valence-electron chi connectivity index (χ3n) is 4.53. The van der Waals surface area contributed by atoms with Crippen LogP contribution in [0.4, 0.5) is 0 Å². The van der Waals surface area contributed by atoms with Gasteiger partial charge in [-0.15, -0.1) is 0 Å². The zero-order valence-electron chi connectivity index (χ0n) is 12.8. The maximum atomic E-state index is 12.5. The number of ether oxygens (including phenoxy) is 2. The van der Waals surface area contributed by atoms with Crippen LogP contribution in [0.15, 0.2) is 36.0 Å². The molecular weight excluding hydrogens is 268 g/mol. The Labute approximate surface area is 125 Å². The van der Waals surface area contributed by atoms with E-state index in [9.17, 15) is 9.59 Å². The van der Waals surface area contributed by atoms with E-state index in [0.29, 0.717) is 0 Å². The van der Waals surface area contributed by atoms with Gasteiger partial charge in [-0.3, -0.25) is 9.59 Å². The summed E-state index contributed by atoms with van der Waals surface area (Å²) < 4.78 is 9.88. The molecule has 114 valence electrons. The summed E-state index contributed by atoms with van der Waals surface area (Å²) in [5.74, 6) is -1.24. The van der Waals surface area contributed by atoms with E-state index in [4.69, 9.17) is 9.47 Å². The first-order valence-electron chi connectivity index (χ1n) is 7.21. The Bertz CT molecular complexity index is 511. The fourth-order valence-electron chi connectivity index (χ4n) is 3.54. The fraction of sp³-hybridized carbons (Fsp3) is 0.529. The highest BCUT2D eigenvalue weighted by Gasteiger charge is 2.59. The summed E-state index contributed by atoms with van der Waals surface area (Å²) in [5, 5.41) is 0. The standard InChI is InChI=1S/C17H22O4/c1-11(2)13-10-17(15(18)20-3,16(19)21-4)14-9-7-5-6-8-12(13)14/h6,8,10,12,14H,1,5,7,9H2,2-4H3/t12-,14+/m1/s1. The SMILES string of the molecule is C=C(C)C1=CC(C(=O)OC)(C(=O)OC)[C@H]2CCCC=C[C@H]12. The van der Waals surface area contributed by atoms with Crippen molar-refractivity contribution in [3.05, 3.63) is 36.0 Å². The summed E-state index contributed by atoms with van der Waals surface area (Å²) in [6.45, 7) is 5.88. The Morgan fingerprint density at radius 1 is 1.29 bits per heavy atom. The molecule has 0 aliphatic heterocycles. The van der Waals surface area contributed by atoms with Gasteiger partial charge in [0.25, 0.3) is 0 Å². The minimum Gasteiger partial charge on any atom is -0.468 e. The summed E-state index contributed by atoms with van der Waals surface area (Å²) in [6.07, 6.45) is 8.59. The molecule has 2 aliphatic carbocycles. The summed E-state index contributed by atoms with van der Waals surface area (Å²) in [4.78, 5) is 24.9. The van der Waals surface area contributed by atoms with E-state index in [1.165, 1.54) is 14.2 Å². The molecule has 0 saturated carbocycles. The molecule has 4 nitrogen and oxygen atoms in total. The molecule has 0 N–H and O–H groups in total. The molecule has 0 aromatic carbocycles. The van der Waals surface area contributed by atoms with Gasteiger partial charge in [-0.05, 0) is 37.7 Å². The number of carbonyl (C=O) groups excluding carboxylic acids is 2. The number of allylic oxidation sites excluding steroid dienone is 4.